The normalized spacial score (nSPS) is 10.5. The van der Waals surface area contributed by atoms with Gasteiger partial charge in [0.25, 0.3) is 5.91 Å². The molecule has 100 valence electrons. The second-order valence-electron chi connectivity index (χ2n) is 4.94. The Hall–Kier alpha value is -1.58. The van der Waals surface area contributed by atoms with Crippen molar-refractivity contribution in [3.63, 3.8) is 0 Å². The van der Waals surface area contributed by atoms with Gasteiger partial charge in [-0.25, -0.2) is 4.98 Å². The highest BCUT2D eigenvalue weighted by Crippen LogP contribution is 2.10. The second kappa shape index (κ2) is 6.99. The van der Waals surface area contributed by atoms with Crippen LogP contribution in [0.4, 0.5) is 5.82 Å². The van der Waals surface area contributed by atoms with Crippen molar-refractivity contribution in [3.05, 3.63) is 23.9 Å². The number of pyridine rings is 1. The van der Waals surface area contributed by atoms with Crippen LogP contribution < -0.4 is 5.32 Å². The third-order valence-corrected chi connectivity index (χ3v) is 2.55. The molecule has 0 saturated heterocycles. The summed E-state index contributed by atoms with van der Waals surface area (Å²) in [5.41, 5.74) is 0.687. The molecular formula is C14H23N3O. The van der Waals surface area contributed by atoms with Gasteiger partial charge in [-0.3, -0.25) is 4.79 Å². The Morgan fingerprint density at radius 3 is 2.83 bits per heavy atom. The molecule has 0 aliphatic rings. The van der Waals surface area contributed by atoms with E-state index in [1.54, 1.807) is 17.2 Å². The number of rotatable bonds is 6. The van der Waals surface area contributed by atoms with E-state index in [1.807, 2.05) is 13.1 Å². The molecule has 0 unspecified atom stereocenters. The van der Waals surface area contributed by atoms with E-state index < -0.39 is 0 Å². The SMILES string of the molecule is CCCNc1cc(C(=O)N(C)CC(C)C)ccn1. The summed E-state index contributed by atoms with van der Waals surface area (Å²) in [5, 5.41) is 3.19. The summed E-state index contributed by atoms with van der Waals surface area (Å²) in [6.07, 6.45) is 2.71. The summed E-state index contributed by atoms with van der Waals surface area (Å²) in [5.74, 6) is 1.28. The highest BCUT2D eigenvalue weighted by atomic mass is 16.2. The van der Waals surface area contributed by atoms with Crippen LogP contribution in [0.1, 0.15) is 37.6 Å². The van der Waals surface area contributed by atoms with E-state index in [1.165, 1.54) is 0 Å². The monoisotopic (exact) mass is 249 g/mol. The lowest BCUT2D eigenvalue weighted by Crippen LogP contribution is -2.30. The number of anilines is 1. The van der Waals surface area contributed by atoms with Crippen LogP contribution in [0, 0.1) is 5.92 Å². The minimum absolute atomic E-state index is 0.0469. The van der Waals surface area contributed by atoms with Crippen molar-refractivity contribution in [2.24, 2.45) is 5.92 Å². The van der Waals surface area contributed by atoms with E-state index in [0.29, 0.717) is 11.5 Å². The first kappa shape index (κ1) is 14.5. The van der Waals surface area contributed by atoms with Crippen LogP contribution in [0.3, 0.4) is 0 Å². The van der Waals surface area contributed by atoms with Crippen molar-refractivity contribution >= 4 is 11.7 Å². The fraction of sp³-hybridized carbons (Fsp3) is 0.571. The number of nitrogens with one attached hydrogen (secondary N) is 1. The number of amides is 1. The highest BCUT2D eigenvalue weighted by Gasteiger charge is 2.13. The van der Waals surface area contributed by atoms with Crippen molar-refractivity contribution in [1.82, 2.24) is 9.88 Å². The van der Waals surface area contributed by atoms with Gasteiger partial charge in [0.05, 0.1) is 0 Å². The third kappa shape index (κ3) is 4.35. The van der Waals surface area contributed by atoms with Crippen molar-refractivity contribution in [3.8, 4) is 0 Å². The first-order valence-corrected chi connectivity index (χ1v) is 6.50. The molecule has 0 aliphatic carbocycles. The smallest absolute Gasteiger partial charge is 0.253 e. The number of carbonyl (C=O) groups is 1. The van der Waals surface area contributed by atoms with Gasteiger partial charge in [0.2, 0.25) is 0 Å². The van der Waals surface area contributed by atoms with E-state index >= 15 is 0 Å². The van der Waals surface area contributed by atoms with Gasteiger partial charge in [0.1, 0.15) is 5.82 Å². The molecule has 1 amide bonds. The molecule has 0 saturated carbocycles. The van der Waals surface area contributed by atoms with E-state index in [4.69, 9.17) is 0 Å². The summed E-state index contributed by atoms with van der Waals surface area (Å²) >= 11 is 0. The summed E-state index contributed by atoms with van der Waals surface area (Å²) in [4.78, 5) is 18.1. The van der Waals surface area contributed by atoms with E-state index in [-0.39, 0.29) is 5.91 Å². The molecule has 0 radical (unpaired) electrons. The predicted octanol–water partition coefficient (Wildman–Crippen LogP) is 2.63. The van der Waals surface area contributed by atoms with Crippen LogP contribution in [0.5, 0.6) is 0 Å². The molecule has 0 atom stereocenters. The van der Waals surface area contributed by atoms with Gasteiger partial charge in [-0.15, -0.1) is 0 Å². The molecule has 18 heavy (non-hydrogen) atoms. The van der Waals surface area contributed by atoms with Crippen molar-refractivity contribution in [2.45, 2.75) is 27.2 Å². The Morgan fingerprint density at radius 2 is 2.22 bits per heavy atom. The zero-order chi connectivity index (χ0) is 13.5. The molecule has 4 heteroatoms. The molecule has 1 aromatic rings. The molecular weight excluding hydrogens is 226 g/mol. The molecule has 1 rings (SSSR count). The average Bonchev–Trinajstić information content (AvgIpc) is 2.35. The highest BCUT2D eigenvalue weighted by molar-refractivity contribution is 5.94. The molecule has 0 spiro atoms. The average molecular weight is 249 g/mol. The van der Waals surface area contributed by atoms with Gasteiger partial charge in [0, 0.05) is 31.9 Å². The number of aromatic nitrogens is 1. The Kier molecular flexibility index (Phi) is 5.62. The van der Waals surface area contributed by atoms with Gasteiger partial charge in [-0.1, -0.05) is 20.8 Å². The molecule has 0 aromatic carbocycles. The van der Waals surface area contributed by atoms with Crippen LogP contribution >= 0.6 is 0 Å². The van der Waals surface area contributed by atoms with E-state index in [9.17, 15) is 4.79 Å². The number of carbonyl (C=O) groups excluding carboxylic acids is 1. The Balaban J connectivity index is 2.73. The topological polar surface area (TPSA) is 45.2 Å². The molecule has 0 bridgehead atoms. The van der Waals surface area contributed by atoms with Crippen molar-refractivity contribution in [2.75, 3.05) is 25.5 Å². The molecule has 1 N–H and O–H groups in total. The fourth-order valence-corrected chi connectivity index (χ4v) is 1.76. The van der Waals surface area contributed by atoms with Crippen molar-refractivity contribution < 1.29 is 4.79 Å². The Labute approximate surface area is 109 Å². The molecule has 1 heterocycles. The van der Waals surface area contributed by atoms with E-state index in [2.05, 4.69) is 31.1 Å². The zero-order valence-electron chi connectivity index (χ0n) is 11.7. The Bertz CT molecular complexity index is 390. The molecule has 4 nitrogen and oxygen atoms in total. The quantitative estimate of drug-likeness (QED) is 0.843. The lowest BCUT2D eigenvalue weighted by atomic mass is 10.2. The summed E-state index contributed by atoms with van der Waals surface area (Å²) < 4.78 is 0. The maximum Gasteiger partial charge on any atom is 0.253 e. The number of hydrogen-bond acceptors (Lipinski definition) is 3. The van der Waals surface area contributed by atoms with Crippen LogP contribution in [0.15, 0.2) is 18.3 Å². The fourth-order valence-electron chi connectivity index (χ4n) is 1.76. The zero-order valence-corrected chi connectivity index (χ0v) is 11.7. The first-order chi connectivity index (χ1) is 8.54. The van der Waals surface area contributed by atoms with Crippen LogP contribution in [0.2, 0.25) is 0 Å². The maximum atomic E-state index is 12.2. The van der Waals surface area contributed by atoms with Crippen LogP contribution in [-0.2, 0) is 0 Å². The van der Waals surface area contributed by atoms with Gasteiger partial charge in [0.15, 0.2) is 0 Å². The van der Waals surface area contributed by atoms with Gasteiger partial charge in [-0.05, 0) is 24.5 Å². The molecule has 1 aromatic heterocycles. The van der Waals surface area contributed by atoms with Crippen LogP contribution in [-0.4, -0.2) is 35.9 Å². The summed E-state index contributed by atoms with van der Waals surface area (Å²) in [6, 6.07) is 3.57. The summed E-state index contributed by atoms with van der Waals surface area (Å²) in [7, 11) is 1.84. The van der Waals surface area contributed by atoms with Crippen LogP contribution in [0.25, 0.3) is 0 Å². The largest absolute Gasteiger partial charge is 0.370 e. The minimum Gasteiger partial charge on any atom is -0.370 e. The van der Waals surface area contributed by atoms with E-state index in [0.717, 1.165) is 25.3 Å². The predicted molar refractivity (Wildman–Crippen MR) is 74.8 cm³/mol. The lowest BCUT2D eigenvalue weighted by Gasteiger charge is -2.19. The minimum atomic E-state index is 0.0469. The van der Waals surface area contributed by atoms with Crippen molar-refractivity contribution in [1.29, 1.82) is 0 Å². The number of hydrogen-bond donors (Lipinski definition) is 1. The molecule has 0 fully saturated rings. The Morgan fingerprint density at radius 1 is 1.50 bits per heavy atom. The second-order valence-corrected chi connectivity index (χ2v) is 4.94. The van der Waals surface area contributed by atoms with Gasteiger partial charge >= 0.3 is 0 Å². The first-order valence-electron chi connectivity index (χ1n) is 6.50. The summed E-state index contributed by atoms with van der Waals surface area (Å²) in [6.45, 7) is 7.93. The lowest BCUT2D eigenvalue weighted by molar-refractivity contribution is 0.0779. The third-order valence-electron chi connectivity index (χ3n) is 2.55. The van der Waals surface area contributed by atoms with Gasteiger partial charge < -0.3 is 10.2 Å². The maximum absolute atomic E-state index is 12.2. The standard InChI is InChI=1S/C14H23N3O/c1-5-7-15-13-9-12(6-8-16-13)14(18)17(4)10-11(2)3/h6,8-9,11H,5,7,10H2,1-4H3,(H,15,16). The number of nitrogens with zero attached hydrogens (tertiary/aromatic N) is 2. The molecule has 0 aliphatic heterocycles. The van der Waals surface area contributed by atoms with Gasteiger partial charge in [-0.2, -0.15) is 0 Å².